The second kappa shape index (κ2) is 7.40. The van der Waals surface area contributed by atoms with Gasteiger partial charge in [-0.3, -0.25) is 4.79 Å². The molecular weight excluding hydrogens is 316 g/mol. The lowest BCUT2D eigenvalue weighted by Gasteiger charge is -2.23. The van der Waals surface area contributed by atoms with Gasteiger partial charge in [0.15, 0.2) is 11.6 Å². The van der Waals surface area contributed by atoms with Gasteiger partial charge in [0, 0.05) is 30.9 Å². The van der Waals surface area contributed by atoms with Gasteiger partial charge in [-0.1, -0.05) is 0 Å². The molecule has 6 heteroatoms. The molecule has 1 aliphatic rings. The summed E-state index contributed by atoms with van der Waals surface area (Å²) >= 11 is 0. The van der Waals surface area contributed by atoms with Crippen molar-refractivity contribution in [1.29, 1.82) is 0 Å². The fourth-order valence-electron chi connectivity index (χ4n) is 2.46. The van der Waals surface area contributed by atoms with Crippen molar-refractivity contribution in [1.82, 2.24) is 5.32 Å². The van der Waals surface area contributed by atoms with Crippen molar-refractivity contribution in [3.8, 4) is 11.5 Å². The second-order valence-corrected chi connectivity index (χ2v) is 5.56. The van der Waals surface area contributed by atoms with Crippen LogP contribution in [0.15, 0.2) is 42.5 Å². The first-order valence-electron chi connectivity index (χ1n) is 7.73. The quantitative estimate of drug-likeness (QED) is 0.929. The minimum Gasteiger partial charge on any atom is -0.457 e. The highest BCUT2D eigenvalue weighted by atomic mass is 19.2. The van der Waals surface area contributed by atoms with E-state index in [4.69, 9.17) is 9.47 Å². The molecule has 0 radical (unpaired) electrons. The maximum Gasteiger partial charge on any atom is 0.251 e. The lowest BCUT2D eigenvalue weighted by Crippen LogP contribution is -2.38. The van der Waals surface area contributed by atoms with E-state index in [1.807, 2.05) is 0 Å². The summed E-state index contributed by atoms with van der Waals surface area (Å²) < 4.78 is 36.7. The third kappa shape index (κ3) is 4.08. The average molecular weight is 333 g/mol. The molecule has 1 aliphatic heterocycles. The van der Waals surface area contributed by atoms with E-state index < -0.39 is 11.6 Å². The number of hydrogen-bond donors (Lipinski definition) is 1. The van der Waals surface area contributed by atoms with Gasteiger partial charge in [-0.25, -0.2) is 8.78 Å². The van der Waals surface area contributed by atoms with Crippen LogP contribution in [0.3, 0.4) is 0 Å². The fourth-order valence-corrected chi connectivity index (χ4v) is 2.46. The van der Waals surface area contributed by atoms with Crippen molar-refractivity contribution >= 4 is 5.91 Å². The van der Waals surface area contributed by atoms with Crippen LogP contribution in [0.5, 0.6) is 11.5 Å². The largest absolute Gasteiger partial charge is 0.457 e. The third-order valence-corrected chi connectivity index (χ3v) is 3.80. The highest BCUT2D eigenvalue weighted by molar-refractivity contribution is 5.94. The zero-order chi connectivity index (χ0) is 16.9. The van der Waals surface area contributed by atoms with Crippen molar-refractivity contribution < 1.29 is 23.0 Å². The molecule has 1 saturated heterocycles. The lowest BCUT2D eigenvalue weighted by atomic mass is 10.1. The Balaban J connectivity index is 1.61. The van der Waals surface area contributed by atoms with Crippen LogP contribution in [0, 0.1) is 11.6 Å². The summed E-state index contributed by atoms with van der Waals surface area (Å²) in [5, 5.41) is 2.97. The van der Waals surface area contributed by atoms with Crippen LogP contribution in [0.4, 0.5) is 8.78 Å². The molecule has 3 rings (SSSR count). The Kier molecular flexibility index (Phi) is 5.05. The molecule has 0 bridgehead atoms. The highest BCUT2D eigenvalue weighted by Crippen LogP contribution is 2.23. The molecule has 0 aromatic heterocycles. The molecule has 4 nitrogen and oxygen atoms in total. The van der Waals surface area contributed by atoms with Crippen molar-refractivity contribution in [3.63, 3.8) is 0 Å². The standard InChI is InChI=1S/C18H17F2NO3/c19-16-6-5-15(11-17(16)20)24-14-3-1-12(2-4-14)18(22)21-13-7-9-23-10-8-13/h1-6,11,13H,7-10H2,(H,21,22). The molecular formula is C18H17F2NO3. The summed E-state index contributed by atoms with van der Waals surface area (Å²) in [5.74, 6) is -1.43. The van der Waals surface area contributed by atoms with Crippen LogP contribution in [0.1, 0.15) is 23.2 Å². The van der Waals surface area contributed by atoms with E-state index in [0.29, 0.717) is 24.5 Å². The van der Waals surface area contributed by atoms with Gasteiger partial charge in [-0.05, 0) is 49.2 Å². The van der Waals surface area contributed by atoms with Gasteiger partial charge >= 0.3 is 0 Å². The molecule has 1 heterocycles. The van der Waals surface area contributed by atoms with Gasteiger partial charge in [0.25, 0.3) is 5.91 Å². The molecule has 1 N–H and O–H groups in total. The Labute approximate surface area is 138 Å². The Bertz CT molecular complexity index is 713. The van der Waals surface area contributed by atoms with Crippen LogP contribution in [-0.4, -0.2) is 25.2 Å². The van der Waals surface area contributed by atoms with E-state index in [0.717, 1.165) is 25.0 Å². The van der Waals surface area contributed by atoms with Gasteiger partial charge in [0.2, 0.25) is 0 Å². The summed E-state index contributed by atoms with van der Waals surface area (Å²) in [6.07, 6.45) is 1.62. The SMILES string of the molecule is O=C(NC1CCOCC1)c1ccc(Oc2ccc(F)c(F)c2)cc1. The number of carbonyl (C=O) groups is 1. The zero-order valence-corrected chi connectivity index (χ0v) is 12.9. The van der Waals surface area contributed by atoms with Crippen LogP contribution < -0.4 is 10.1 Å². The van der Waals surface area contributed by atoms with Crippen LogP contribution in [0.25, 0.3) is 0 Å². The van der Waals surface area contributed by atoms with E-state index in [1.54, 1.807) is 24.3 Å². The molecule has 2 aromatic rings. The lowest BCUT2D eigenvalue weighted by molar-refractivity contribution is 0.0696. The smallest absolute Gasteiger partial charge is 0.251 e. The number of nitrogens with one attached hydrogen (secondary N) is 1. The summed E-state index contributed by atoms with van der Waals surface area (Å²) in [7, 11) is 0. The summed E-state index contributed by atoms with van der Waals surface area (Å²) in [6.45, 7) is 1.32. The van der Waals surface area contributed by atoms with Crippen LogP contribution >= 0.6 is 0 Å². The summed E-state index contributed by atoms with van der Waals surface area (Å²) in [6, 6.07) is 9.92. The Morgan fingerprint density at radius 3 is 2.33 bits per heavy atom. The molecule has 2 aromatic carbocycles. The van der Waals surface area contributed by atoms with Gasteiger partial charge < -0.3 is 14.8 Å². The topological polar surface area (TPSA) is 47.6 Å². The maximum absolute atomic E-state index is 13.2. The predicted octanol–water partition coefficient (Wildman–Crippen LogP) is 3.67. The summed E-state index contributed by atoms with van der Waals surface area (Å²) in [4.78, 5) is 12.2. The van der Waals surface area contributed by atoms with E-state index in [1.165, 1.54) is 6.07 Å². The monoisotopic (exact) mass is 333 g/mol. The fraction of sp³-hybridized carbons (Fsp3) is 0.278. The van der Waals surface area contributed by atoms with E-state index >= 15 is 0 Å². The first-order chi connectivity index (χ1) is 11.6. The average Bonchev–Trinajstić information content (AvgIpc) is 2.60. The maximum atomic E-state index is 13.2. The molecule has 0 aliphatic carbocycles. The molecule has 0 unspecified atom stereocenters. The number of benzene rings is 2. The predicted molar refractivity (Wildman–Crippen MR) is 84.2 cm³/mol. The van der Waals surface area contributed by atoms with Gasteiger partial charge in [-0.2, -0.15) is 0 Å². The van der Waals surface area contributed by atoms with Crippen molar-refractivity contribution in [2.75, 3.05) is 13.2 Å². The zero-order valence-electron chi connectivity index (χ0n) is 12.9. The minimum absolute atomic E-state index is 0.129. The molecule has 126 valence electrons. The normalized spacial score (nSPS) is 15.1. The number of rotatable bonds is 4. The number of amides is 1. The van der Waals surface area contributed by atoms with Crippen LogP contribution in [-0.2, 0) is 4.74 Å². The molecule has 24 heavy (non-hydrogen) atoms. The number of halogens is 2. The van der Waals surface area contributed by atoms with E-state index in [2.05, 4.69) is 5.32 Å². The first kappa shape index (κ1) is 16.4. The van der Waals surface area contributed by atoms with Crippen LogP contribution in [0.2, 0.25) is 0 Å². The third-order valence-electron chi connectivity index (χ3n) is 3.80. The number of hydrogen-bond acceptors (Lipinski definition) is 3. The molecule has 1 fully saturated rings. The van der Waals surface area contributed by atoms with E-state index in [-0.39, 0.29) is 17.7 Å². The molecule has 0 saturated carbocycles. The van der Waals surface area contributed by atoms with Gasteiger partial charge in [-0.15, -0.1) is 0 Å². The first-order valence-corrected chi connectivity index (χ1v) is 7.73. The van der Waals surface area contributed by atoms with Crippen molar-refractivity contribution in [2.45, 2.75) is 18.9 Å². The number of carbonyl (C=O) groups excluding carboxylic acids is 1. The van der Waals surface area contributed by atoms with E-state index in [9.17, 15) is 13.6 Å². The molecule has 0 atom stereocenters. The molecule has 0 spiro atoms. The van der Waals surface area contributed by atoms with Gasteiger partial charge in [0.1, 0.15) is 11.5 Å². The van der Waals surface area contributed by atoms with Crippen molar-refractivity contribution in [3.05, 3.63) is 59.7 Å². The van der Waals surface area contributed by atoms with Crippen molar-refractivity contribution in [2.24, 2.45) is 0 Å². The Morgan fingerprint density at radius 1 is 1.00 bits per heavy atom. The Hall–Kier alpha value is -2.47. The highest BCUT2D eigenvalue weighted by Gasteiger charge is 2.17. The Morgan fingerprint density at radius 2 is 1.67 bits per heavy atom. The van der Waals surface area contributed by atoms with Gasteiger partial charge in [0.05, 0.1) is 0 Å². The number of ether oxygens (including phenoxy) is 2. The minimum atomic E-state index is -0.972. The summed E-state index contributed by atoms with van der Waals surface area (Å²) in [5.41, 5.74) is 0.513. The molecule has 1 amide bonds. The second-order valence-electron chi connectivity index (χ2n) is 5.56.